The van der Waals surface area contributed by atoms with Crippen molar-refractivity contribution in [2.24, 2.45) is 0 Å². The molecule has 34 heavy (non-hydrogen) atoms. The summed E-state index contributed by atoms with van der Waals surface area (Å²) in [6.45, 7) is 1.88. The van der Waals surface area contributed by atoms with Crippen molar-refractivity contribution >= 4 is 54.0 Å². The fourth-order valence-corrected chi connectivity index (χ4v) is 5.62. The third kappa shape index (κ3) is 7.55. The second-order valence-electron chi connectivity index (χ2n) is 7.11. The smallest absolute Gasteiger partial charge is 0.240 e. The monoisotopic (exact) mass is 543 g/mol. The number of halogens is 1. The zero-order valence-electron chi connectivity index (χ0n) is 18.0. The molecule has 2 aromatic carbocycles. The molecular formula is C20H22ClN5O5S3. The van der Waals surface area contributed by atoms with E-state index in [0.717, 1.165) is 16.9 Å². The number of hydrogen-bond donors (Lipinski definition) is 3. The minimum Gasteiger partial charge on any atom is -0.300 e. The molecule has 0 aliphatic carbocycles. The lowest BCUT2D eigenvalue weighted by Crippen LogP contribution is -2.27. The molecule has 0 bridgehead atoms. The molecule has 0 saturated heterocycles. The van der Waals surface area contributed by atoms with Crippen molar-refractivity contribution in [3.8, 4) is 0 Å². The Morgan fingerprint density at radius 2 is 1.44 bits per heavy atom. The molecule has 3 N–H and O–H groups in total. The Hall–Kier alpha value is -2.42. The van der Waals surface area contributed by atoms with E-state index in [4.69, 9.17) is 11.6 Å². The van der Waals surface area contributed by atoms with Crippen LogP contribution in [0.3, 0.4) is 0 Å². The van der Waals surface area contributed by atoms with E-state index in [0.29, 0.717) is 16.5 Å². The molecule has 1 amide bonds. The molecular weight excluding hydrogens is 522 g/mol. The zero-order valence-corrected chi connectivity index (χ0v) is 21.2. The Labute approximate surface area is 206 Å². The Kier molecular flexibility index (Phi) is 8.73. The summed E-state index contributed by atoms with van der Waals surface area (Å²) in [5.41, 5.74) is 0.960. The summed E-state index contributed by atoms with van der Waals surface area (Å²) in [5, 5.41) is 11.5. The molecule has 0 aliphatic heterocycles. The summed E-state index contributed by atoms with van der Waals surface area (Å²) in [4.78, 5) is 12.3. The van der Waals surface area contributed by atoms with Crippen molar-refractivity contribution in [3.63, 3.8) is 0 Å². The molecule has 0 atom stereocenters. The van der Waals surface area contributed by atoms with Gasteiger partial charge in [0, 0.05) is 31.0 Å². The van der Waals surface area contributed by atoms with Crippen LogP contribution in [0.1, 0.15) is 17.0 Å². The van der Waals surface area contributed by atoms with Gasteiger partial charge in [0.1, 0.15) is 5.01 Å². The lowest BCUT2D eigenvalue weighted by atomic mass is 10.2. The van der Waals surface area contributed by atoms with E-state index in [-0.39, 0.29) is 34.4 Å². The Morgan fingerprint density at radius 1 is 0.882 bits per heavy atom. The number of carbonyl (C=O) groups is 1. The van der Waals surface area contributed by atoms with Gasteiger partial charge in [-0.05, 0) is 43.3 Å². The summed E-state index contributed by atoms with van der Waals surface area (Å²) in [5.74, 6) is -0.443. The first kappa shape index (κ1) is 26.2. The highest BCUT2D eigenvalue weighted by atomic mass is 35.5. The molecule has 0 saturated carbocycles. The number of nitrogens with zero attached hydrogens (tertiary/aromatic N) is 2. The van der Waals surface area contributed by atoms with E-state index < -0.39 is 26.0 Å². The van der Waals surface area contributed by atoms with Crippen molar-refractivity contribution in [2.75, 3.05) is 18.4 Å². The first-order chi connectivity index (χ1) is 16.0. The Morgan fingerprint density at radius 3 is 2.06 bits per heavy atom. The van der Waals surface area contributed by atoms with E-state index in [1.165, 1.54) is 36.4 Å². The van der Waals surface area contributed by atoms with Crippen LogP contribution in [0.15, 0.2) is 58.3 Å². The lowest BCUT2D eigenvalue weighted by molar-refractivity contribution is -0.116. The van der Waals surface area contributed by atoms with E-state index in [1.807, 2.05) is 6.92 Å². The maximum absolute atomic E-state index is 12.3. The first-order valence-electron chi connectivity index (χ1n) is 9.99. The number of carbonyl (C=O) groups excluding carboxylic acids is 1. The number of benzene rings is 2. The van der Waals surface area contributed by atoms with Gasteiger partial charge in [0.05, 0.1) is 9.79 Å². The van der Waals surface area contributed by atoms with Crippen LogP contribution >= 0.6 is 22.9 Å². The number of aryl methyl sites for hydroxylation is 1. The average molecular weight is 544 g/mol. The number of hydrogen-bond acceptors (Lipinski definition) is 8. The summed E-state index contributed by atoms with van der Waals surface area (Å²) < 4.78 is 53.9. The van der Waals surface area contributed by atoms with Crippen LogP contribution in [0.25, 0.3) is 0 Å². The summed E-state index contributed by atoms with van der Waals surface area (Å²) in [6, 6.07) is 12.2. The van der Waals surface area contributed by atoms with Gasteiger partial charge in [-0.2, -0.15) is 0 Å². The predicted molar refractivity (Wildman–Crippen MR) is 130 cm³/mol. The SMILES string of the molecule is Cc1ccc(S(=O)(=O)NCCc2nnc(NC(=O)CCNS(=O)(=O)c3ccc(Cl)cc3)s2)cc1. The minimum absolute atomic E-state index is 0.0454. The van der Waals surface area contributed by atoms with Crippen LogP contribution in [-0.4, -0.2) is 46.0 Å². The van der Waals surface area contributed by atoms with Gasteiger partial charge in [0.15, 0.2) is 0 Å². The predicted octanol–water partition coefficient (Wildman–Crippen LogP) is 2.33. The fourth-order valence-electron chi connectivity index (χ4n) is 2.68. The van der Waals surface area contributed by atoms with Crippen LogP contribution in [0, 0.1) is 6.92 Å². The van der Waals surface area contributed by atoms with Crippen molar-refractivity contribution in [1.82, 2.24) is 19.6 Å². The molecule has 14 heteroatoms. The van der Waals surface area contributed by atoms with Gasteiger partial charge in [0.2, 0.25) is 31.1 Å². The zero-order chi connectivity index (χ0) is 24.8. The molecule has 0 aliphatic rings. The summed E-state index contributed by atoms with van der Waals surface area (Å²) >= 11 is 6.86. The molecule has 0 spiro atoms. The first-order valence-corrected chi connectivity index (χ1v) is 14.1. The van der Waals surface area contributed by atoms with E-state index in [1.54, 1.807) is 12.1 Å². The molecule has 0 fully saturated rings. The molecule has 3 rings (SSSR count). The summed E-state index contributed by atoms with van der Waals surface area (Å²) in [7, 11) is -7.39. The van der Waals surface area contributed by atoms with Gasteiger partial charge in [-0.3, -0.25) is 4.79 Å². The van der Waals surface area contributed by atoms with Crippen LogP contribution in [0.4, 0.5) is 5.13 Å². The van der Waals surface area contributed by atoms with Gasteiger partial charge in [0.25, 0.3) is 0 Å². The van der Waals surface area contributed by atoms with Crippen LogP contribution < -0.4 is 14.8 Å². The standard InChI is InChI=1S/C20H22ClN5O5S3/c1-14-2-6-16(7-3-14)33(28,29)23-13-11-19-25-26-20(32-19)24-18(27)10-12-22-34(30,31)17-8-4-15(21)5-9-17/h2-9,22-23H,10-13H2,1H3,(H,24,26,27). The van der Waals surface area contributed by atoms with E-state index in [2.05, 4.69) is 25.0 Å². The van der Waals surface area contributed by atoms with Crippen LogP contribution in [0.2, 0.25) is 5.02 Å². The largest absolute Gasteiger partial charge is 0.300 e. The topological polar surface area (TPSA) is 147 Å². The molecule has 0 unspecified atom stereocenters. The maximum atomic E-state index is 12.3. The van der Waals surface area contributed by atoms with Crippen molar-refractivity contribution in [1.29, 1.82) is 0 Å². The highest BCUT2D eigenvalue weighted by Crippen LogP contribution is 2.17. The number of aromatic nitrogens is 2. The number of nitrogens with one attached hydrogen (secondary N) is 3. The van der Waals surface area contributed by atoms with Crippen LogP contribution in [0.5, 0.6) is 0 Å². The molecule has 3 aromatic rings. The Bertz CT molecular complexity index is 1340. The lowest BCUT2D eigenvalue weighted by Gasteiger charge is -2.06. The van der Waals surface area contributed by atoms with Gasteiger partial charge in [-0.25, -0.2) is 26.3 Å². The number of anilines is 1. The van der Waals surface area contributed by atoms with Crippen molar-refractivity contribution in [2.45, 2.75) is 29.6 Å². The van der Waals surface area contributed by atoms with Crippen molar-refractivity contribution in [3.05, 3.63) is 64.1 Å². The Balaban J connectivity index is 1.43. The highest BCUT2D eigenvalue weighted by Gasteiger charge is 2.16. The number of rotatable bonds is 11. The van der Waals surface area contributed by atoms with E-state index in [9.17, 15) is 21.6 Å². The molecule has 0 radical (unpaired) electrons. The van der Waals surface area contributed by atoms with E-state index >= 15 is 0 Å². The normalized spacial score (nSPS) is 11.9. The fraction of sp³-hybridized carbons (Fsp3) is 0.250. The third-order valence-electron chi connectivity index (χ3n) is 4.44. The minimum atomic E-state index is -3.76. The quantitative estimate of drug-likeness (QED) is 0.336. The number of amides is 1. The molecule has 1 aromatic heterocycles. The molecule has 1 heterocycles. The maximum Gasteiger partial charge on any atom is 0.240 e. The van der Waals surface area contributed by atoms with Gasteiger partial charge in [-0.1, -0.05) is 40.6 Å². The molecule has 10 nitrogen and oxygen atoms in total. The molecule has 182 valence electrons. The van der Waals surface area contributed by atoms with Crippen molar-refractivity contribution < 1.29 is 21.6 Å². The highest BCUT2D eigenvalue weighted by molar-refractivity contribution is 7.89. The number of sulfonamides is 2. The van der Waals surface area contributed by atoms with Gasteiger partial charge < -0.3 is 5.32 Å². The van der Waals surface area contributed by atoms with Gasteiger partial charge in [-0.15, -0.1) is 10.2 Å². The third-order valence-corrected chi connectivity index (χ3v) is 8.55. The summed E-state index contributed by atoms with van der Waals surface area (Å²) in [6.07, 6.45) is 0.178. The van der Waals surface area contributed by atoms with Gasteiger partial charge >= 0.3 is 0 Å². The van der Waals surface area contributed by atoms with Crippen LogP contribution in [-0.2, 0) is 31.3 Å². The second kappa shape index (κ2) is 11.3. The second-order valence-corrected chi connectivity index (χ2v) is 12.1. The average Bonchev–Trinajstić information content (AvgIpc) is 3.21.